The van der Waals surface area contributed by atoms with Crippen LogP contribution in [0.5, 0.6) is 0 Å². The highest BCUT2D eigenvalue weighted by molar-refractivity contribution is 7.10. The minimum Gasteiger partial charge on any atom is -0.341 e. The van der Waals surface area contributed by atoms with E-state index in [1.165, 1.54) is 12.6 Å². The maximum Gasteiger partial charge on any atom is 0.321 e. The Labute approximate surface area is 146 Å². The summed E-state index contributed by atoms with van der Waals surface area (Å²) in [5, 5.41) is 9.88. The molecule has 0 aliphatic carbocycles. The van der Waals surface area contributed by atoms with Crippen LogP contribution < -0.4 is 16.0 Å². The van der Waals surface area contributed by atoms with Crippen LogP contribution in [0.25, 0.3) is 0 Å². The van der Waals surface area contributed by atoms with Crippen molar-refractivity contribution in [2.75, 3.05) is 13.6 Å². The van der Waals surface area contributed by atoms with Crippen LogP contribution in [0.2, 0.25) is 0 Å². The molecule has 24 heavy (non-hydrogen) atoms. The van der Waals surface area contributed by atoms with Crippen LogP contribution in [-0.2, 0) is 11.2 Å². The lowest BCUT2D eigenvalue weighted by Crippen LogP contribution is -2.42. The van der Waals surface area contributed by atoms with E-state index in [9.17, 15) is 9.59 Å². The number of urea groups is 1. The lowest BCUT2D eigenvalue weighted by molar-refractivity contribution is -0.119. The zero-order valence-electron chi connectivity index (χ0n) is 14.0. The van der Waals surface area contributed by atoms with Crippen LogP contribution in [-0.4, -0.2) is 25.5 Å². The van der Waals surface area contributed by atoms with Crippen molar-refractivity contribution >= 4 is 23.3 Å². The van der Waals surface area contributed by atoms with Gasteiger partial charge in [-0.1, -0.05) is 43.7 Å². The van der Waals surface area contributed by atoms with Crippen LogP contribution in [0, 0.1) is 0 Å². The zero-order valence-corrected chi connectivity index (χ0v) is 14.8. The largest absolute Gasteiger partial charge is 0.341 e. The molecule has 128 valence electrons. The molecule has 0 unspecified atom stereocenters. The van der Waals surface area contributed by atoms with Gasteiger partial charge in [0.15, 0.2) is 0 Å². The molecule has 0 fully saturated rings. The summed E-state index contributed by atoms with van der Waals surface area (Å²) < 4.78 is 0. The average Bonchev–Trinajstić information content (AvgIpc) is 3.11. The number of carbonyl (C=O) groups is 2. The maximum atomic E-state index is 11.8. The summed E-state index contributed by atoms with van der Waals surface area (Å²) in [6, 6.07) is 11.9. The third kappa shape index (κ3) is 5.18. The lowest BCUT2D eigenvalue weighted by atomic mass is 10.0. The van der Waals surface area contributed by atoms with Crippen LogP contribution in [0.15, 0.2) is 41.8 Å². The first-order chi connectivity index (χ1) is 11.6. The van der Waals surface area contributed by atoms with Gasteiger partial charge in [-0.2, -0.15) is 0 Å². The number of rotatable bonds is 7. The molecule has 0 saturated heterocycles. The first-order valence-corrected chi connectivity index (χ1v) is 8.89. The standard InChI is InChI=1S/C18H23N3O2S/c1-3-5-13-7-9-14(10-8-13)17(15-6-4-11-24-15)20-12-16(22)21-18(23)19-2/h4,6-11,17,20H,3,5,12H2,1-2H3,(H2,19,21,22,23)/t17-/m1/s1. The minimum atomic E-state index is -0.501. The zero-order chi connectivity index (χ0) is 17.4. The summed E-state index contributed by atoms with van der Waals surface area (Å²) >= 11 is 1.64. The fourth-order valence-corrected chi connectivity index (χ4v) is 3.26. The molecule has 1 atom stereocenters. The normalized spacial score (nSPS) is 11.8. The van der Waals surface area contributed by atoms with Crippen molar-refractivity contribution in [2.24, 2.45) is 0 Å². The fourth-order valence-electron chi connectivity index (χ4n) is 2.43. The molecule has 2 aromatic rings. The highest BCUT2D eigenvalue weighted by Gasteiger charge is 2.16. The number of hydrogen-bond donors (Lipinski definition) is 3. The number of aryl methyl sites for hydroxylation is 1. The van der Waals surface area contributed by atoms with Crippen molar-refractivity contribution in [3.63, 3.8) is 0 Å². The van der Waals surface area contributed by atoms with E-state index in [1.54, 1.807) is 11.3 Å². The van der Waals surface area contributed by atoms with Gasteiger partial charge in [0.05, 0.1) is 12.6 Å². The minimum absolute atomic E-state index is 0.0622. The molecular formula is C18H23N3O2S. The Morgan fingerprint density at radius 3 is 2.50 bits per heavy atom. The molecule has 3 N–H and O–H groups in total. The molecule has 3 amide bonds. The maximum absolute atomic E-state index is 11.8. The molecule has 5 nitrogen and oxygen atoms in total. The van der Waals surface area contributed by atoms with Gasteiger partial charge in [0, 0.05) is 11.9 Å². The van der Waals surface area contributed by atoms with Crippen molar-refractivity contribution in [3.8, 4) is 0 Å². The van der Waals surface area contributed by atoms with Crippen molar-refractivity contribution in [2.45, 2.75) is 25.8 Å². The molecule has 6 heteroatoms. The molecule has 0 saturated carbocycles. The summed E-state index contributed by atoms with van der Waals surface area (Å²) in [5.41, 5.74) is 2.41. The van der Waals surface area contributed by atoms with Crippen molar-refractivity contribution in [1.29, 1.82) is 0 Å². The van der Waals surface area contributed by atoms with Gasteiger partial charge in [-0.15, -0.1) is 11.3 Å². The fraction of sp³-hybridized carbons (Fsp3) is 0.333. The molecule has 0 spiro atoms. The van der Waals surface area contributed by atoms with Gasteiger partial charge < -0.3 is 5.32 Å². The summed E-state index contributed by atoms with van der Waals surface area (Å²) in [6.45, 7) is 2.22. The van der Waals surface area contributed by atoms with Gasteiger partial charge >= 0.3 is 6.03 Å². The Hall–Kier alpha value is -2.18. The van der Waals surface area contributed by atoms with Gasteiger partial charge in [0.2, 0.25) is 5.91 Å². The van der Waals surface area contributed by atoms with E-state index in [4.69, 9.17) is 0 Å². The third-order valence-corrected chi connectivity index (χ3v) is 4.56. The number of carbonyl (C=O) groups excluding carboxylic acids is 2. The van der Waals surface area contributed by atoms with E-state index < -0.39 is 6.03 Å². The van der Waals surface area contributed by atoms with E-state index in [-0.39, 0.29) is 18.5 Å². The summed E-state index contributed by atoms with van der Waals surface area (Å²) in [5.74, 6) is -0.362. The molecule has 0 aliphatic rings. The second kappa shape index (κ2) is 9.20. The SMILES string of the molecule is CCCc1ccc([C@@H](NCC(=O)NC(=O)NC)c2cccs2)cc1. The predicted molar refractivity (Wildman–Crippen MR) is 97.2 cm³/mol. The van der Waals surface area contributed by atoms with Crippen molar-refractivity contribution in [1.82, 2.24) is 16.0 Å². The van der Waals surface area contributed by atoms with Gasteiger partial charge in [-0.3, -0.25) is 15.4 Å². The Morgan fingerprint density at radius 1 is 1.17 bits per heavy atom. The molecule has 1 heterocycles. The number of hydrogen-bond acceptors (Lipinski definition) is 4. The first kappa shape index (κ1) is 18.2. The Bertz CT molecular complexity index is 653. The molecule has 0 bridgehead atoms. The van der Waals surface area contributed by atoms with Crippen LogP contribution in [0.4, 0.5) is 4.79 Å². The highest BCUT2D eigenvalue weighted by Crippen LogP contribution is 2.26. The first-order valence-electron chi connectivity index (χ1n) is 8.01. The predicted octanol–water partition coefficient (Wildman–Crippen LogP) is 2.84. The van der Waals surface area contributed by atoms with Gasteiger partial charge in [0.25, 0.3) is 0 Å². The molecule has 0 aliphatic heterocycles. The molecule has 2 rings (SSSR count). The van der Waals surface area contributed by atoms with Gasteiger partial charge in [0.1, 0.15) is 0 Å². The average molecular weight is 345 g/mol. The van der Waals surface area contributed by atoms with E-state index in [0.717, 1.165) is 23.3 Å². The van der Waals surface area contributed by atoms with E-state index >= 15 is 0 Å². The molecule has 1 aromatic heterocycles. The van der Waals surface area contributed by atoms with Crippen molar-refractivity contribution in [3.05, 3.63) is 57.8 Å². The highest BCUT2D eigenvalue weighted by atomic mass is 32.1. The van der Waals surface area contributed by atoms with Gasteiger partial charge in [-0.05, 0) is 29.0 Å². The lowest BCUT2D eigenvalue weighted by Gasteiger charge is -2.18. The monoisotopic (exact) mass is 345 g/mol. The number of benzene rings is 1. The van der Waals surface area contributed by atoms with E-state index in [1.807, 2.05) is 17.5 Å². The van der Waals surface area contributed by atoms with E-state index in [2.05, 4.69) is 47.1 Å². The molecular weight excluding hydrogens is 322 g/mol. The summed E-state index contributed by atoms with van der Waals surface area (Å²) in [4.78, 5) is 24.2. The van der Waals surface area contributed by atoms with Crippen LogP contribution in [0.3, 0.4) is 0 Å². The van der Waals surface area contributed by atoms with Crippen molar-refractivity contribution < 1.29 is 9.59 Å². The second-order valence-electron chi connectivity index (χ2n) is 5.45. The smallest absolute Gasteiger partial charge is 0.321 e. The van der Waals surface area contributed by atoms with Crippen LogP contribution in [0.1, 0.15) is 35.4 Å². The number of amides is 3. The third-order valence-electron chi connectivity index (χ3n) is 3.63. The summed E-state index contributed by atoms with van der Waals surface area (Å²) in [7, 11) is 1.47. The Kier molecular flexibility index (Phi) is 6.96. The van der Waals surface area contributed by atoms with Crippen LogP contribution >= 0.6 is 11.3 Å². The quantitative estimate of drug-likeness (QED) is 0.723. The Balaban J connectivity index is 2.08. The number of imide groups is 1. The number of nitrogens with one attached hydrogen (secondary N) is 3. The second-order valence-corrected chi connectivity index (χ2v) is 6.43. The topological polar surface area (TPSA) is 70.2 Å². The number of thiophene rings is 1. The van der Waals surface area contributed by atoms with E-state index in [0.29, 0.717) is 0 Å². The molecule has 1 aromatic carbocycles. The Morgan fingerprint density at radius 2 is 1.92 bits per heavy atom. The molecule has 0 radical (unpaired) electrons. The van der Waals surface area contributed by atoms with Gasteiger partial charge in [-0.25, -0.2) is 4.79 Å². The summed E-state index contributed by atoms with van der Waals surface area (Å²) in [6.07, 6.45) is 2.18.